The van der Waals surface area contributed by atoms with E-state index in [9.17, 15) is 9.59 Å². The molecule has 2 aromatic carbocycles. The first-order chi connectivity index (χ1) is 10.7. The summed E-state index contributed by atoms with van der Waals surface area (Å²) in [6.07, 6.45) is -0.806. The Morgan fingerprint density at radius 3 is 0.913 bits per heavy atom. The van der Waals surface area contributed by atoms with Crippen LogP contribution >= 0.6 is 0 Å². The van der Waals surface area contributed by atoms with E-state index in [1.165, 1.54) is 24.3 Å². The van der Waals surface area contributed by atoms with Crippen LogP contribution in [0.3, 0.4) is 0 Å². The monoisotopic (exact) mass is 324 g/mol. The Kier molecular flexibility index (Phi) is 8.79. The predicted octanol–water partition coefficient (Wildman–Crippen LogP) is 1.74. The van der Waals surface area contributed by atoms with E-state index in [4.69, 9.17) is 30.6 Å². The maximum Gasteiger partial charge on any atom is 0.314 e. The number of para-hydroxylation sites is 4. The lowest BCUT2D eigenvalue weighted by molar-refractivity contribution is -0.147. The van der Waals surface area contributed by atoms with Crippen molar-refractivity contribution in [3.8, 4) is 23.0 Å². The van der Waals surface area contributed by atoms with Gasteiger partial charge in [-0.25, -0.2) is 0 Å². The van der Waals surface area contributed by atoms with E-state index in [1.54, 1.807) is 24.3 Å². The molecule has 23 heavy (non-hydrogen) atoms. The molecule has 124 valence electrons. The lowest BCUT2D eigenvalue weighted by Gasteiger charge is -1.91. The molecular formula is C15H16O8. The number of carbonyl (C=O) groups is 2. The number of hydrogen-bond acceptors (Lipinski definition) is 6. The van der Waals surface area contributed by atoms with Gasteiger partial charge in [-0.2, -0.15) is 0 Å². The largest absolute Gasteiger partial charge is 0.504 e. The maximum atomic E-state index is 9.43. The number of benzene rings is 2. The van der Waals surface area contributed by atoms with Crippen LogP contribution in [0.25, 0.3) is 0 Å². The van der Waals surface area contributed by atoms with Crippen LogP contribution in [0.5, 0.6) is 23.0 Å². The second-order valence-electron chi connectivity index (χ2n) is 3.94. The summed E-state index contributed by atoms with van der Waals surface area (Å²) >= 11 is 0. The highest BCUT2D eigenvalue weighted by Gasteiger charge is 2.01. The Labute approximate surface area is 131 Å². The summed E-state index contributed by atoms with van der Waals surface area (Å²) in [4.78, 5) is 18.9. The molecule has 8 nitrogen and oxygen atoms in total. The molecule has 0 amide bonds. The van der Waals surface area contributed by atoms with Crippen molar-refractivity contribution in [2.75, 3.05) is 0 Å². The zero-order valence-electron chi connectivity index (χ0n) is 11.8. The number of aliphatic carboxylic acids is 2. The van der Waals surface area contributed by atoms with Crippen LogP contribution in [-0.4, -0.2) is 42.6 Å². The molecule has 0 unspecified atom stereocenters. The first kappa shape index (κ1) is 19.6. The second-order valence-corrected chi connectivity index (χ2v) is 3.94. The number of carboxylic acid groups (broad SMARTS) is 2. The van der Waals surface area contributed by atoms with Crippen molar-refractivity contribution in [3.05, 3.63) is 48.5 Å². The molecular weight excluding hydrogens is 308 g/mol. The molecule has 6 N–H and O–H groups in total. The molecule has 0 radical (unpaired) electrons. The molecule has 0 atom stereocenters. The molecule has 0 aliphatic carbocycles. The van der Waals surface area contributed by atoms with Crippen molar-refractivity contribution in [2.24, 2.45) is 0 Å². The summed E-state index contributed by atoms with van der Waals surface area (Å²) in [5.74, 6) is -2.93. The third kappa shape index (κ3) is 10.0. The van der Waals surface area contributed by atoms with Crippen LogP contribution in [0.2, 0.25) is 0 Å². The van der Waals surface area contributed by atoms with E-state index in [1.807, 2.05) is 0 Å². The molecule has 0 aliphatic heterocycles. The van der Waals surface area contributed by atoms with E-state index < -0.39 is 18.4 Å². The minimum atomic E-state index is -1.31. The first-order valence-electron chi connectivity index (χ1n) is 6.11. The van der Waals surface area contributed by atoms with Gasteiger partial charge < -0.3 is 30.6 Å². The van der Waals surface area contributed by atoms with Gasteiger partial charge in [-0.15, -0.1) is 0 Å². The highest BCUT2D eigenvalue weighted by Crippen LogP contribution is 2.21. The average molecular weight is 324 g/mol. The van der Waals surface area contributed by atoms with Crippen LogP contribution in [0.15, 0.2) is 48.5 Å². The number of hydrogen-bond donors (Lipinski definition) is 6. The van der Waals surface area contributed by atoms with Crippen LogP contribution in [0.4, 0.5) is 0 Å². The fourth-order valence-electron chi connectivity index (χ4n) is 1.06. The van der Waals surface area contributed by atoms with Crippen LogP contribution < -0.4 is 0 Å². The van der Waals surface area contributed by atoms with Crippen molar-refractivity contribution in [2.45, 2.75) is 6.42 Å². The van der Waals surface area contributed by atoms with Gasteiger partial charge in [0.25, 0.3) is 0 Å². The minimum Gasteiger partial charge on any atom is -0.504 e. The highest BCUT2D eigenvalue weighted by molar-refractivity contribution is 5.88. The van der Waals surface area contributed by atoms with Gasteiger partial charge in [-0.3, -0.25) is 9.59 Å². The minimum absolute atomic E-state index is 0.0764. The summed E-state index contributed by atoms with van der Waals surface area (Å²) in [6.45, 7) is 0. The smallest absolute Gasteiger partial charge is 0.314 e. The normalized spacial score (nSPS) is 8.70. The number of carboxylic acids is 2. The molecule has 0 aromatic heterocycles. The molecule has 0 aliphatic rings. The van der Waals surface area contributed by atoms with Crippen molar-refractivity contribution in [1.29, 1.82) is 0 Å². The van der Waals surface area contributed by atoms with E-state index >= 15 is 0 Å². The SMILES string of the molecule is O=C(O)CC(=O)O.Oc1ccccc1O.Oc1ccccc1O. The van der Waals surface area contributed by atoms with Crippen molar-refractivity contribution < 1.29 is 40.2 Å². The molecule has 2 rings (SSSR count). The van der Waals surface area contributed by atoms with E-state index in [0.717, 1.165) is 0 Å². The topological polar surface area (TPSA) is 156 Å². The number of aromatic hydroxyl groups is 4. The molecule has 0 heterocycles. The summed E-state index contributed by atoms with van der Waals surface area (Å²) in [5, 5.41) is 50.1. The maximum absolute atomic E-state index is 9.43. The van der Waals surface area contributed by atoms with E-state index in [2.05, 4.69) is 0 Å². The molecule has 2 aromatic rings. The van der Waals surface area contributed by atoms with Gasteiger partial charge in [0.1, 0.15) is 6.42 Å². The van der Waals surface area contributed by atoms with Crippen molar-refractivity contribution in [1.82, 2.24) is 0 Å². The van der Waals surface area contributed by atoms with E-state index in [-0.39, 0.29) is 23.0 Å². The lowest BCUT2D eigenvalue weighted by Crippen LogP contribution is -2.03. The lowest BCUT2D eigenvalue weighted by atomic mass is 10.3. The van der Waals surface area contributed by atoms with Crippen molar-refractivity contribution >= 4 is 11.9 Å². The van der Waals surface area contributed by atoms with Gasteiger partial charge >= 0.3 is 11.9 Å². The summed E-state index contributed by atoms with van der Waals surface area (Å²) < 4.78 is 0. The quantitative estimate of drug-likeness (QED) is 0.360. The molecule has 8 heteroatoms. The Hall–Kier alpha value is -3.42. The van der Waals surface area contributed by atoms with Gasteiger partial charge in [0.15, 0.2) is 23.0 Å². The van der Waals surface area contributed by atoms with Crippen LogP contribution in [0.1, 0.15) is 6.42 Å². The molecule has 0 fully saturated rings. The van der Waals surface area contributed by atoms with Crippen LogP contribution in [0, 0.1) is 0 Å². The Morgan fingerprint density at radius 2 is 0.826 bits per heavy atom. The highest BCUT2D eigenvalue weighted by atomic mass is 16.4. The van der Waals surface area contributed by atoms with Crippen molar-refractivity contribution in [3.63, 3.8) is 0 Å². The number of phenols is 4. The number of phenolic OH excluding ortho intramolecular Hbond substituents is 4. The van der Waals surface area contributed by atoms with Gasteiger partial charge in [0, 0.05) is 0 Å². The predicted molar refractivity (Wildman–Crippen MR) is 79.4 cm³/mol. The zero-order valence-corrected chi connectivity index (χ0v) is 11.8. The summed E-state index contributed by atoms with van der Waals surface area (Å²) in [6, 6.07) is 12.3. The average Bonchev–Trinajstić information content (AvgIpc) is 2.45. The summed E-state index contributed by atoms with van der Waals surface area (Å²) in [7, 11) is 0. The Morgan fingerprint density at radius 1 is 0.609 bits per heavy atom. The van der Waals surface area contributed by atoms with Gasteiger partial charge in [0.05, 0.1) is 0 Å². The van der Waals surface area contributed by atoms with Crippen LogP contribution in [-0.2, 0) is 9.59 Å². The van der Waals surface area contributed by atoms with E-state index in [0.29, 0.717) is 0 Å². The molecule has 0 saturated carbocycles. The third-order valence-electron chi connectivity index (χ3n) is 2.07. The Bertz CT molecular complexity index is 541. The number of rotatable bonds is 2. The molecule has 0 bridgehead atoms. The van der Waals surface area contributed by atoms with Gasteiger partial charge in [-0.05, 0) is 24.3 Å². The Balaban J connectivity index is 0.000000317. The first-order valence-corrected chi connectivity index (χ1v) is 6.11. The van der Waals surface area contributed by atoms with Gasteiger partial charge in [-0.1, -0.05) is 24.3 Å². The summed E-state index contributed by atoms with van der Waals surface area (Å²) in [5.41, 5.74) is 0. The second kappa shape index (κ2) is 10.3. The standard InChI is InChI=1S/2C6H6O2.C3H4O4/c2*7-5-3-1-2-4-6(5)8;4-2(5)1-3(6)7/h2*1-4,7-8H;1H2,(H,4,5)(H,6,7). The molecule has 0 spiro atoms. The molecule has 0 saturated heterocycles. The third-order valence-corrected chi connectivity index (χ3v) is 2.07. The van der Waals surface area contributed by atoms with Gasteiger partial charge in [0.2, 0.25) is 0 Å². The fourth-order valence-corrected chi connectivity index (χ4v) is 1.06. The zero-order chi connectivity index (χ0) is 17.8. The fraction of sp³-hybridized carbons (Fsp3) is 0.0667.